The summed E-state index contributed by atoms with van der Waals surface area (Å²) in [5, 5.41) is 10.5. The van der Waals surface area contributed by atoms with Crippen LogP contribution in [-0.2, 0) is 6.54 Å². The topological polar surface area (TPSA) is 55.4 Å². The lowest BCUT2D eigenvalue weighted by molar-refractivity contribution is 0.236. The quantitative estimate of drug-likeness (QED) is 0.218. The summed E-state index contributed by atoms with van der Waals surface area (Å²) in [6, 6.07) is 15.5. The minimum atomic E-state index is -0.221. The average molecular weight is 565 g/mol. The lowest BCUT2D eigenvalue weighted by atomic mass is 9.97. The molecule has 2 aromatic heterocycles. The van der Waals surface area contributed by atoms with E-state index in [1.165, 1.54) is 4.52 Å². The van der Waals surface area contributed by atoms with Crippen molar-refractivity contribution in [3.8, 4) is 22.3 Å². The number of nitrogens with zero attached hydrogens (tertiary/aromatic N) is 5. The van der Waals surface area contributed by atoms with Crippen LogP contribution in [0.4, 0.5) is 0 Å². The van der Waals surface area contributed by atoms with Crippen LogP contribution < -0.4 is 5.69 Å². The van der Waals surface area contributed by atoms with Crippen molar-refractivity contribution in [2.24, 2.45) is 0 Å². The van der Waals surface area contributed by atoms with Gasteiger partial charge in [0.15, 0.2) is 5.65 Å². The first-order valence-corrected chi connectivity index (χ1v) is 14.2. The molecule has 5 rings (SSSR count). The lowest BCUT2D eigenvalue weighted by Gasteiger charge is -2.21. The van der Waals surface area contributed by atoms with E-state index in [9.17, 15) is 4.79 Å². The van der Waals surface area contributed by atoms with E-state index in [0.29, 0.717) is 28.3 Å². The van der Waals surface area contributed by atoms with E-state index in [0.717, 1.165) is 54.6 Å². The van der Waals surface area contributed by atoms with Crippen molar-refractivity contribution in [1.29, 1.82) is 0 Å². The minimum absolute atomic E-state index is 0.221. The number of aromatic nitrogens is 4. The molecule has 8 heteroatoms. The third-order valence-electron chi connectivity index (χ3n) is 6.87. The Morgan fingerprint density at radius 2 is 1.64 bits per heavy atom. The van der Waals surface area contributed by atoms with Gasteiger partial charge in [-0.2, -0.15) is 9.61 Å². The second kappa shape index (κ2) is 13.7. The Morgan fingerprint density at radius 1 is 0.974 bits per heavy atom. The third kappa shape index (κ3) is 6.88. The number of fused-ring (bicyclic) bond motifs is 1. The molecule has 6 nitrogen and oxygen atoms in total. The first-order valence-electron chi connectivity index (χ1n) is 13.5. The monoisotopic (exact) mass is 563 g/mol. The van der Waals surface area contributed by atoms with Crippen LogP contribution >= 0.6 is 23.2 Å². The summed E-state index contributed by atoms with van der Waals surface area (Å²) in [4.78, 5) is 15.6. The number of benzene rings is 2. The van der Waals surface area contributed by atoms with Crippen LogP contribution in [0.3, 0.4) is 0 Å². The molecule has 1 aliphatic rings. The molecule has 204 valence electrons. The minimum Gasteiger partial charge on any atom is -0.299 e. The van der Waals surface area contributed by atoms with E-state index in [-0.39, 0.29) is 5.69 Å². The predicted molar refractivity (Wildman–Crippen MR) is 163 cm³/mol. The molecule has 1 saturated heterocycles. The first-order chi connectivity index (χ1) is 19.0. The van der Waals surface area contributed by atoms with Crippen LogP contribution in [0.1, 0.15) is 40.0 Å². The van der Waals surface area contributed by atoms with Gasteiger partial charge in [-0.25, -0.2) is 9.48 Å². The summed E-state index contributed by atoms with van der Waals surface area (Å²) in [6.07, 6.45) is 13.3. The Hall–Kier alpha value is -3.19. The van der Waals surface area contributed by atoms with Crippen molar-refractivity contribution in [1.82, 2.24) is 24.3 Å². The van der Waals surface area contributed by atoms with Crippen molar-refractivity contribution in [3.63, 3.8) is 0 Å². The maximum absolute atomic E-state index is 13.2. The number of halogens is 2. The SMILES string of the molecule is C/C=C\C=C/CC.CCN1CCC[C@H]1Cn1nc2c(-c3ccc(Cl)cc3)c(-c3ccc(Cl)cc3)cnn2c1=O. The van der Waals surface area contributed by atoms with Crippen molar-refractivity contribution >= 4 is 28.8 Å². The molecular weight excluding hydrogens is 529 g/mol. The lowest BCUT2D eigenvalue weighted by Crippen LogP contribution is -2.36. The number of likely N-dealkylation sites (N-methyl/N-ethyl adjacent to an activating group) is 1. The van der Waals surface area contributed by atoms with Gasteiger partial charge in [-0.1, -0.05) is 85.6 Å². The van der Waals surface area contributed by atoms with Crippen molar-refractivity contribution in [2.45, 2.75) is 52.6 Å². The van der Waals surface area contributed by atoms with Gasteiger partial charge >= 0.3 is 5.69 Å². The number of allylic oxidation sites excluding steroid dienone is 4. The highest BCUT2D eigenvalue weighted by atomic mass is 35.5. The highest BCUT2D eigenvalue weighted by Crippen LogP contribution is 2.35. The van der Waals surface area contributed by atoms with Crippen molar-refractivity contribution < 1.29 is 0 Å². The average Bonchev–Trinajstić information content (AvgIpc) is 3.53. The molecule has 0 aliphatic carbocycles. The molecule has 0 bridgehead atoms. The fourth-order valence-corrected chi connectivity index (χ4v) is 5.12. The summed E-state index contributed by atoms with van der Waals surface area (Å²) >= 11 is 12.2. The van der Waals surface area contributed by atoms with Crippen molar-refractivity contribution in [2.75, 3.05) is 13.1 Å². The number of likely N-dealkylation sites (tertiary alicyclic amines) is 1. The van der Waals surface area contributed by atoms with Crippen LogP contribution in [0.15, 0.2) is 83.8 Å². The van der Waals surface area contributed by atoms with Gasteiger partial charge in [0, 0.05) is 27.2 Å². The van der Waals surface area contributed by atoms with Gasteiger partial charge in [0.2, 0.25) is 0 Å². The molecule has 0 saturated carbocycles. The smallest absolute Gasteiger partial charge is 0.299 e. The zero-order chi connectivity index (χ0) is 27.8. The summed E-state index contributed by atoms with van der Waals surface area (Å²) < 4.78 is 2.96. The van der Waals surface area contributed by atoms with Crippen LogP contribution in [0.25, 0.3) is 27.9 Å². The van der Waals surface area contributed by atoms with E-state index in [2.05, 4.69) is 36.0 Å². The summed E-state index contributed by atoms with van der Waals surface area (Å²) in [6.45, 7) is 8.90. The molecule has 0 radical (unpaired) electrons. The third-order valence-corrected chi connectivity index (χ3v) is 7.37. The molecule has 4 aromatic rings. The Morgan fingerprint density at radius 3 is 2.26 bits per heavy atom. The number of rotatable bonds is 7. The fourth-order valence-electron chi connectivity index (χ4n) is 4.87. The predicted octanol–water partition coefficient (Wildman–Crippen LogP) is 7.54. The second-order valence-electron chi connectivity index (χ2n) is 9.43. The van der Waals surface area contributed by atoms with Gasteiger partial charge in [0.1, 0.15) is 0 Å². The second-order valence-corrected chi connectivity index (χ2v) is 10.3. The molecule has 1 atom stereocenters. The van der Waals surface area contributed by atoms with Gasteiger partial charge in [-0.15, -0.1) is 5.10 Å². The maximum Gasteiger partial charge on any atom is 0.367 e. The molecule has 0 spiro atoms. The molecule has 2 aromatic carbocycles. The van der Waals surface area contributed by atoms with Gasteiger partial charge in [-0.05, 0) is 74.7 Å². The van der Waals surface area contributed by atoms with E-state index >= 15 is 0 Å². The van der Waals surface area contributed by atoms with Crippen LogP contribution in [0, 0.1) is 0 Å². The maximum atomic E-state index is 13.2. The highest BCUT2D eigenvalue weighted by molar-refractivity contribution is 6.31. The Kier molecular flexibility index (Phi) is 10.2. The molecule has 0 N–H and O–H groups in total. The highest BCUT2D eigenvalue weighted by Gasteiger charge is 2.26. The molecule has 1 fully saturated rings. The van der Waals surface area contributed by atoms with Gasteiger partial charge in [0.05, 0.1) is 12.7 Å². The van der Waals surface area contributed by atoms with Gasteiger partial charge in [0.25, 0.3) is 0 Å². The van der Waals surface area contributed by atoms with Crippen molar-refractivity contribution in [3.05, 3.63) is 99.6 Å². The molecule has 1 aliphatic heterocycles. The Labute approximate surface area is 240 Å². The first kappa shape index (κ1) is 28.8. The number of hydrogen-bond acceptors (Lipinski definition) is 4. The summed E-state index contributed by atoms with van der Waals surface area (Å²) in [5.41, 5.74) is 3.90. The van der Waals surface area contributed by atoms with E-state index in [1.807, 2.05) is 67.6 Å². The Balaban J connectivity index is 0.000000448. The van der Waals surface area contributed by atoms with Gasteiger partial charge < -0.3 is 0 Å². The van der Waals surface area contributed by atoms with Gasteiger partial charge in [-0.3, -0.25) is 4.90 Å². The normalized spacial score (nSPS) is 15.9. The zero-order valence-electron chi connectivity index (χ0n) is 22.7. The Bertz CT molecular complexity index is 1490. The molecular formula is C31H35Cl2N5O. The van der Waals surface area contributed by atoms with E-state index in [1.54, 1.807) is 10.9 Å². The summed E-state index contributed by atoms with van der Waals surface area (Å²) in [5.74, 6) is 0. The largest absolute Gasteiger partial charge is 0.367 e. The molecule has 3 heterocycles. The van der Waals surface area contributed by atoms with E-state index < -0.39 is 0 Å². The summed E-state index contributed by atoms with van der Waals surface area (Å²) in [7, 11) is 0. The van der Waals surface area contributed by atoms with E-state index in [4.69, 9.17) is 28.3 Å². The molecule has 39 heavy (non-hydrogen) atoms. The fraction of sp³-hybridized carbons (Fsp3) is 0.323. The molecule has 0 unspecified atom stereocenters. The zero-order valence-corrected chi connectivity index (χ0v) is 24.2. The standard InChI is InChI=1S/C24H23Cl2N5O.C7H12/c1-2-29-13-3-4-20(29)15-30-24(32)31-23(28-30)22(17-7-11-19(26)12-8-17)21(14-27-31)16-5-9-18(25)10-6-16;1-3-5-7-6-4-2/h5-12,14,20H,2-4,13,15H2,1H3;3,5-7H,4H2,1-2H3/b;5-3-,7-6-/t20-;/m0./s1. The number of hydrogen-bond donors (Lipinski definition) is 0. The van der Waals surface area contributed by atoms with Crippen LogP contribution in [0.5, 0.6) is 0 Å². The van der Waals surface area contributed by atoms with Crippen LogP contribution in [-0.4, -0.2) is 43.4 Å². The van der Waals surface area contributed by atoms with Crippen LogP contribution in [0.2, 0.25) is 10.0 Å². The molecule has 0 amide bonds.